The van der Waals surface area contributed by atoms with E-state index in [1.54, 1.807) is 30.3 Å². The molecule has 148 valence electrons. The fourth-order valence-corrected chi connectivity index (χ4v) is 5.53. The predicted octanol–water partition coefficient (Wildman–Crippen LogP) is 3.41. The first-order valence-electron chi connectivity index (χ1n) is 9.56. The lowest BCUT2D eigenvalue weighted by Gasteiger charge is -2.32. The molecule has 2 aliphatic rings. The second-order valence-electron chi connectivity index (χ2n) is 7.50. The Bertz CT molecular complexity index is 957. The standard InChI is InChI=1S/C21H23ClN2O3S/c22-20-9-5-4-8-17(20)18-14-19(18)21(25)24-12-10-15(11-13-24)23-28(26,27)16-6-2-1-3-7-16/h1-9,15,18-19,23H,10-14H2. The smallest absolute Gasteiger partial charge is 0.240 e. The highest BCUT2D eigenvalue weighted by molar-refractivity contribution is 7.89. The molecule has 28 heavy (non-hydrogen) atoms. The van der Waals surface area contributed by atoms with Crippen molar-refractivity contribution in [1.82, 2.24) is 9.62 Å². The Balaban J connectivity index is 1.31. The number of likely N-dealkylation sites (tertiary alicyclic amines) is 1. The van der Waals surface area contributed by atoms with Gasteiger partial charge in [0.1, 0.15) is 0 Å². The van der Waals surface area contributed by atoms with Gasteiger partial charge in [0, 0.05) is 30.1 Å². The Morgan fingerprint density at radius 1 is 1.00 bits per heavy atom. The first kappa shape index (κ1) is 19.4. The van der Waals surface area contributed by atoms with Crippen LogP contribution in [0.3, 0.4) is 0 Å². The Morgan fingerprint density at radius 3 is 2.32 bits per heavy atom. The van der Waals surface area contributed by atoms with Crippen LogP contribution in [0.5, 0.6) is 0 Å². The zero-order valence-corrected chi connectivity index (χ0v) is 17.0. The number of rotatable bonds is 5. The number of piperidine rings is 1. The molecule has 2 atom stereocenters. The molecule has 1 heterocycles. The lowest BCUT2D eigenvalue weighted by molar-refractivity contribution is -0.133. The maximum absolute atomic E-state index is 12.8. The Hall–Kier alpha value is -1.89. The first-order chi connectivity index (χ1) is 13.5. The highest BCUT2D eigenvalue weighted by Crippen LogP contribution is 2.50. The number of hydrogen-bond acceptors (Lipinski definition) is 3. The van der Waals surface area contributed by atoms with Gasteiger partial charge in [-0.15, -0.1) is 0 Å². The molecule has 1 saturated carbocycles. The molecule has 2 aromatic carbocycles. The third-order valence-corrected chi connectivity index (χ3v) is 7.47. The SMILES string of the molecule is O=C(C1CC1c1ccccc1Cl)N1CCC(NS(=O)(=O)c2ccccc2)CC1. The molecule has 1 aliphatic heterocycles. The Labute approximate surface area is 170 Å². The van der Waals surface area contributed by atoms with Crippen LogP contribution in [-0.2, 0) is 14.8 Å². The summed E-state index contributed by atoms with van der Waals surface area (Å²) in [6, 6.07) is 15.9. The number of nitrogens with one attached hydrogen (secondary N) is 1. The molecular formula is C21H23ClN2O3S. The van der Waals surface area contributed by atoms with Gasteiger partial charge in [-0.05, 0) is 48.9 Å². The summed E-state index contributed by atoms with van der Waals surface area (Å²) in [5, 5.41) is 0.719. The van der Waals surface area contributed by atoms with E-state index in [2.05, 4.69) is 4.72 Å². The number of benzene rings is 2. The van der Waals surface area contributed by atoms with Crippen molar-refractivity contribution in [3.63, 3.8) is 0 Å². The van der Waals surface area contributed by atoms with Gasteiger partial charge in [0.2, 0.25) is 15.9 Å². The lowest BCUT2D eigenvalue weighted by Crippen LogP contribution is -2.47. The van der Waals surface area contributed by atoms with Crippen molar-refractivity contribution in [2.24, 2.45) is 5.92 Å². The van der Waals surface area contributed by atoms with E-state index in [0.717, 1.165) is 17.0 Å². The molecule has 0 aromatic heterocycles. The van der Waals surface area contributed by atoms with Crippen molar-refractivity contribution in [2.45, 2.75) is 36.1 Å². The van der Waals surface area contributed by atoms with Gasteiger partial charge in [-0.3, -0.25) is 4.79 Å². The van der Waals surface area contributed by atoms with E-state index in [1.807, 2.05) is 29.2 Å². The van der Waals surface area contributed by atoms with Gasteiger partial charge in [-0.1, -0.05) is 48.0 Å². The van der Waals surface area contributed by atoms with Crippen molar-refractivity contribution < 1.29 is 13.2 Å². The van der Waals surface area contributed by atoms with E-state index in [1.165, 1.54) is 0 Å². The predicted molar refractivity (Wildman–Crippen MR) is 109 cm³/mol. The highest BCUT2D eigenvalue weighted by Gasteiger charge is 2.46. The summed E-state index contributed by atoms with van der Waals surface area (Å²) in [6.07, 6.45) is 2.09. The molecule has 1 aliphatic carbocycles. The molecule has 1 saturated heterocycles. The van der Waals surface area contributed by atoms with Crippen LogP contribution in [0.1, 0.15) is 30.7 Å². The molecule has 1 N–H and O–H groups in total. The van der Waals surface area contributed by atoms with E-state index in [0.29, 0.717) is 25.9 Å². The third-order valence-electron chi connectivity index (χ3n) is 5.59. The minimum Gasteiger partial charge on any atom is -0.342 e. The Kier molecular flexibility index (Phi) is 5.45. The van der Waals surface area contributed by atoms with Gasteiger partial charge >= 0.3 is 0 Å². The molecule has 1 amide bonds. The highest BCUT2D eigenvalue weighted by atomic mass is 35.5. The number of carbonyl (C=O) groups excluding carboxylic acids is 1. The first-order valence-corrected chi connectivity index (χ1v) is 11.4. The molecule has 4 rings (SSSR count). The van der Waals surface area contributed by atoms with Crippen molar-refractivity contribution in [3.8, 4) is 0 Å². The summed E-state index contributed by atoms with van der Waals surface area (Å²) in [5.74, 6) is 0.363. The van der Waals surface area contributed by atoms with Gasteiger partial charge in [-0.2, -0.15) is 0 Å². The fraction of sp³-hybridized carbons (Fsp3) is 0.381. The van der Waals surface area contributed by atoms with Gasteiger partial charge < -0.3 is 4.90 Å². The van der Waals surface area contributed by atoms with E-state index in [4.69, 9.17) is 11.6 Å². The number of nitrogens with zero attached hydrogens (tertiary/aromatic N) is 1. The summed E-state index contributed by atoms with van der Waals surface area (Å²) in [7, 11) is -3.52. The average Bonchev–Trinajstić information content (AvgIpc) is 3.49. The minimum absolute atomic E-state index is 0.00235. The molecule has 2 fully saturated rings. The average molecular weight is 419 g/mol. The second-order valence-corrected chi connectivity index (χ2v) is 9.63. The van der Waals surface area contributed by atoms with Gasteiger partial charge in [-0.25, -0.2) is 13.1 Å². The second kappa shape index (κ2) is 7.85. The van der Waals surface area contributed by atoms with Crippen LogP contribution in [-0.4, -0.2) is 38.4 Å². The Morgan fingerprint density at radius 2 is 1.64 bits per heavy atom. The maximum atomic E-state index is 12.8. The molecule has 0 spiro atoms. The summed E-state index contributed by atoms with van der Waals surface area (Å²) >= 11 is 6.26. The minimum atomic E-state index is -3.52. The van der Waals surface area contributed by atoms with Crippen LogP contribution in [0.4, 0.5) is 0 Å². The summed E-state index contributed by atoms with van der Waals surface area (Å²) in [6.45, 7) is 1.15. The van der Waals surface area contributed by atoms with Crippen LogP contribution in [0.15, 0.2) is 59.5 Å². The van der Waals surface area contributed by atoms with E-state index in [9.17, 15) is 13.2 Å². The molecular weight excluding hydrogens is 396 g/mol. The molecule has 2 aromatic rings. The molecule has 7 heteroatoms. The van der Waals surface area contributed by atoms with Crippen molar-refractivity contribution in [2.75, 3.05) is 13.1 Å². The van der Waals surface area contributed by atoms with Crippen LogP contribution < -0.4 is 4.72 Å². The summed E-state index contributed by atoms with van der Waals surface area (Å²) in [4.78, 5) is 15.0. The summed E-state index contributed by atoms with van der Waals surface area (Å²) in [5.41, 5.74) is 1.05. The van der Waals surface area contributed by atoms with Crippen molar-refractivity contribution >= 4 is 27.5 Å². The van der Waals surface area contributed by atoms with Crippen LogP contribution in [0.2, 0.25) is 5.02 Å². The van der Waals surface area contributed by atoms with Gasteiger partial charge in [0.25, 0.3) is 0 Å². The quantitative estimate of drug-likeness (QED) is 0.809. The number of halogens is 1. The zero-order chi connectivity index (χ0) is 19.7. The normalized spacial score (nSPS) is 22.8. The largest absolute Gasteiger partial charge is 0.342 e. The van der Waals surface area contributed by atoms with Crippen LogP contribution in [0.25, 0.3) is 0 Å². The fourth-order valence-electron chi connectivity index (χ4n) is 3.93. The van der Waals surface area contributed by atoms with Crippen LogP contribution in [0, 0.1) is 5.92 Å². The number of hydrogen-bond donors (Lipinski definition) is 1. The molecule has 5 nitrogen and oxygen atoms in total. The lowest BCUT2D eigenvalue weighted by atomic mass is 10.0. The number of sulfonamides is 1. The molecule has 0 bridgehead atoms. The van der Waals surface area contributed by atoms with Crippen LogP contribution >= 0.6 is 11.6 Å². The van der Waals surface area contributed by atoms with Crippen molar-refractivity contribution in [3.05, 3.63) is 65.2 Å². The summed E-state index contributed by atoms with van der Waals surface area (Å²) < 4.78 is 27.7. The third kappa shape index (κ3) is 4.09. The molecule has 2 unspecified atom stereocenters. The number of amides is 1. The van der Waals surface area contributed by atoms with E-state index in [-0.39, 0.29) is 28.7 Å². The topological polar surface area (TPSA) is 66.5 Å². The van der Waals surface area contributed by atoms with E-state index >= 15 is 0 Å². The molecule has 0 radical (unpaired) electrons. The maximum Gasteiger partial charge on any atom is 0.240 e. The monoisotopic (exact) mass is 418 g/mol. The number of carbonyl (C=O) groups is 1. The zero-order valence-electron chi connectivity index (χ0n) is 15.4. The van der Waals surface area contributed by atoms with E-state index < -0.39 is 10.0 Å². The van der Waals surface area contributed by atoms with Gasteiger partial charge in [0.15, 0.2) is 0 Å². The van der Waals surface area contributed by atoms with Gasteiger partial charge in [0.05, 0.1) is 4.90 Å². The van der Waals surface area contributed by atoms with Crippen molar-refractivity contribution in [1.29, 1.82) is 0 Å².